The molecule has 0 aliphatic heterocycles. The first-order valence-electron chi connectivity index (χ1n) is 7.11. The van der Waals surface area contributed by atoms with Gasteiger partial charge in [-0.05, 0) is 37.6 Å². The first-order valence-corrected chi connectivity index (χ1v) is 7.11. The molecule has 0 radical (unpaired) electrons. The lowest BCUT2D eigenvalue weighted by atomic mass is 9.99. The van der Waals surface area contributed by atoms with Crippen molar-refractivity contribution in [2.24, 2.45) is 7.05 Å². The van der Waals surface area contributed by atoms with Crippen LogP contribution in [0.1, 0.15) is 29.8 Å². The molecule has 0 saturated carbocycles. The molecule has 0 amide bonds. The molecule has 1 atom stereocenters. The highest BCUT2D eigenvalue weighted by atomic mass is 19.1. The number of ether oxygens (including phenoxy) is 1. The van der Waals surface area contributed by atoms with E-state index in [-0.39, 0.29) is 17.6 Å². The zero-order chi connectivity index (χ0) is 15.4. The van der Waals surface area contributed by atoms with Crippen LogP contribution in [0.4, 0.5) is 4.39 Å². The Morgan fingerprint density at radius 1 is 1.43 bits per heavy atom. The standard InChI is InChI=1S/C16H22FN3O/c1-5-18-15(13-10-19-20(3)11(13)2)9-12-6-7-16(21-4)14(17)8-12/h6-8,10,15,18H,5,9H2,1-4H3. The number of likely N-dealkylation sites (N-methyl/N-ethyl adjacent to an activating group) is 1. The molecule has 114 valence electrons. The van der Waals surface area contributed by atoms with Crippen LogP contribution in [0.15, 0.2) is 24.4 Å². The Kier molecular flexibility index (Phi) is 4.96. The second kappa shape index (κ2) is 6.72. The average Bonchev–Trinajstić information content (AvgIpc) is 2.79. The van der Waals surface area contributed by atoms with Crippen molar-refractivity contribution in [2.75, 3.05) is 13.7 Å². The summed E-state index contributed by atoms with van der Waals surface area (Å²) in [7, 11) is 3.40. The molecule has 21 heavy (non-hydrogen) atoms. The van der Waals surface area contributed by atoms with E-state index in [1.807, 2.05) is 30.9 Å². The van der Waals surface area contributed by atoms with Crippen molar-refractivity contribution in [1.82, 2.24) is 15.1 Å². The van der Waals surface area contributed by atoms with Gasteiger partial charge >= 0.3 is 0 Å². The Morgan fingerprint density at radius 2 is 2.19 bits per heavy atom. The topological polar surface area (TPSA) is 39.1 Å². The summed E-state index contributed by atoms with van der Waals surface area (Å²) in [4.78, 5) is 0. The molecular formula is C16H22FN3O. The number of benzene rings is 1. The number of hydrogen-bond acceptors (Lipinski definition) is 3. The maximum Gasteiger partial charge on any atom is 0.165 e. The first-order chi connectivity index (χ1) is 10.1. The lowest BCUT2D eigenvalue weighted by Crippen LogP contribution is -2.23. The number of aromatic nitrogens is 2. The Balaban J connectivity index is 2.24. The van der Waals surface area contributed by atoms with Gasteiger partial charge in [0.2, 0.25) is 0 Å². The van der Waals surface area contributed by atoms with Gasteiger partial charge in [0, 0.05) is 24.3 Å². The molecule has 2 rings (SSSR count). The van der Waals surface area contributed by atoms with E-state index in [9.17, 15) is 4.39 Å². The summed E-state index contributed by atoms with van der Waals surface area (Å²) in [6.07, 6.45) is 2.59. The normalized spacial score (nSPS) is 12.4. The molecule has 5 heteroatoms. The lowest BCUT2D eigenvalue weighted by molar-refractivity contribution is 0.386. The minimum Gasteiger partial charge on any atom is -0.494 e. The molecule has 0 spiro atoms. The van der Waals surface area contributed by atoms with E-state index < -0.39 is 0 Å². The summed E-state index contributed by atoms with van der Waals surface area (Å²) in [5, 5.41) is 7.73. The fraction of sp³-hybridized carbons (Fsp3) is 0.438. The minimum atomic E-state index is -0.326. The molecule has 1 N–H and O–H groups in total. The molecule has 1 aromatic heterocycles. The van der Waals surface area contributed by atoms with E-state index in [1.54, 1.807) is 6.07 Å². The summed E-state index contributed by atoms with van der Waals surface area (Å²) < 4.78 is 20.6. The Morgan fingerprint density at radius 3 is 2.71 bits per heavy atom. The summed E-state index contributed by atoms with van der Waals surface area (Å²) in [6, 6.07) is 5.23. The second-order valence-electron chi connectivity index (χ2n) is 5.09. The van der Waals surface area contributed by atoms with Crippen molar-refractivity contribution in [3.8, 4) is 5.75 Å². The summed E-state index contributed by atoms with van der Waals surface area (Å²) in [5.41, 5.74) is 3.20. The van der Waals surface area contributed by atoms with Gasteiger partial charge < -0.3 is 10.1 Å². The van der Waals surface area contributed by atoms with E-state index in [0.29, 0.717) is 6.42 Å². The van der Waals surface area contributed by atoms with Gasteiger partial charge in [-0.25, -0.2) is 4.39 Å². The fourth-order valence-corrected chi connectivity index (χ4v) is 2.47. The number of nitrogens with zero attached hydrogens (tertiary/aromatic N) is 2. The third-order valence-electron chi connectivity index (χ3n) is 3.76. The number of halogens is 1. The van der Waals surface area contributed by atoms with E-state index in [1.165, 1.54) is 13.2 Å². The molecule has 0 saturated heterocycles. The average molecular weight is 291 g/mol. The van der Waals surface area contributed by atoms with E-state index in [0.717, 1.165) is 23.4 Å². The molecule has 0 fully saturated rings. The van der Waals surface area contributed by atoms with Crippen molar-refractivity contribution in [3.63, 3.8) is 0 Å². The number of rotatable bonds is 6. The highest BCUT2D eigenvalue weighted by Gasteiger charge is 2.17. The van der Waals surface area contributed by atoms with Gasteiger partial charge in [-0.15, -0.1) is 0 Å². The van der Waals surface area contributed by atoms with Crippen molar-refractivity contribution in [1.29, 1.82) is 0 Å². The van der Waals surface area contributed by atoms with Crippen molar-refractivity contribution in [3.05, 3.63) is 47.0 Å². The smallest absolute Gasteiger partial charge is 0.165 e. The van der Waals surface area contributed by atoms with Crippen LogP contribution < -0.4 is 10.1 Å². The molecule has 1 unspecified atom stereocenters. The molecule has 0 bridgehead atoms. The van der Waals surface area contributed by atoms with Gasteiger partial charge in [-0.3, -0.25) is 4.68 Å². The summed E-state index contributed by atoms with van der Waals surface area (Å²) in [6.45, 7) is 4.95. The van der Waals surface area contributed by atoms with Crippen LogP contribution >= 0.6 is 0 Å². The number of methoxy groups -OCH3 is 1. The minimum absolute atomic E-state index is 0.122. The largest absolute Gasteiger partial charge is 0.494 e. The zero-order valence-electron chi connectivity index (χ0n) is 13.0. The van der Waals surface area contributed by atoms with E-state index in [2.05, 4.69) is 17.3 Å². The highest BCUT2D eigenvalue weighted by Crippen LogP contribution is 2.24. The predicted molar refractivity (Wildman–Crippen MR) is 81.0 cm³/mol. The van der Waals surface area contributed by atoms with Crippen LogP contribution in [0, 0.1) is 12.7 Å². The number of hydrogen-bond donors (Lipinski definition) is 1. The van der Waals surface area contributed by atoms with Gasteiger partial charge in [-0.2, -0.15) is 5.10 Å². The molecular weight excluding hydrogens is 269 g/mol. The molecule has 0 aliphatic rings. The number of aryl methyl sites for hydroxylation is 1. The van der Waals surface area contributed by atoms with Crippen LogP contribution in [-0.2, 0) is 13.5 Å². The number of nitrogens with one attached hydrogen (secondary N) is 1. The van der Waals surface area contributed by atoms with Crippen LogP contribution in [-0.4, -0.2) is 23.4 Å². The van der Waals surface area contributed by atoms with Gasteiger partial charge in [-0.1, -0.05) is 13.0 Å². The SMILES string of the molecule is CCNC(Cc1ccc(OC)c(F)c1)c1cnn(C)c1C. The Labute approximate surface area is 124 Å². The van der Waals surface area contributed by atoms with Gasteiger partial charge in [0.15, 0.2) is 11.6 Å². The maximum atomic E-state index is 13.8. The predicted octanol–water partition coefficient (Wildman–Crippen LogP) is 2.77. The zero-order valence-corrected chi connectivity index (χ0v) is 13.0. The Hall–Kier alpha value is -1.88. The third kappa shape index (κ3) is 3.42. The van der Waals surface area contributed by atoms with Crippen molar-refractivity contribution < 1.29 is 9.13 Å². The summed E-state index contributed by atoms with van der Waals surface area (Å²) >= 11 is 0. The van der Waals surface area contributed by atoms with Gasteiger partial charge in [0.05, 0.1) is 13.3 Å². The summed E-state index contributed by atoms with van der Waals surface area (Å²) in [5.74, 6) is -0.0514. The van der Waals surface area contributed by atoms with Crippen LogP contribution in [0.2, 0.25) is 0 Å². The van der Waals surface area contributed by atoms with Gasteiger partial charge in [0.25, 0.3) is 0 Å². The highest BCUT2D eigenvalue weighted by molar-refractivity contribution is 5.31. The van der Waals surface area contributed by atoms with Crippen LogP contribution in [0.3, 0.4) is 0 Å². The molecule has 1 aromatic carbocycles. The fourth-order valence-electron chi connectivity index (χ4n) is 2.47. The van der Waals surface area contributed by atoms with Crippen LogP contribution in [0.25, 0.3) is 0 Å². The van der Waals surface area contributed by atoms with Crippen molar-refractivity contribution in [2.45, 2.75) is 26.3 Å². The Bertz CT molecular complexity index is 610. The van der Waals surface area contributed by atoms with Crippen LogP contribution in [0.5, 0.6) is 5.75 Å². The monoisotopic (exact) mass is 291 g/mol. The lowest BCUT2D eigenvalue weighted by Gasteiger charge is -2.18. The van der Waals surface area contributed by atoms with E-state index in [4.69, 9.17) is 4.74 Å². The molecule has 2 aromatic rings. The second-order valence-corrected chi connectivity index (χ2v) is 5.09. The molecule has 4 nitrogen and oxygen atoms in total. The van der Waals surface area contributed by atoms with Gasteiger partial charge in [0.1, 0.15) is 0 Å². The third-order valence-corrected chi connectivity index (χ3v) is 3.76. The molecule has 0 aliphatic carbocycles. The first kappa shape index (κ1) is 15.5. The van der Waals surface area contributed by atoms with E-state index >= 15 is 0 Å². The maximum absolute atomic E-state index is 13.8. The molecule has 1 heterocycles. The van der Waals surface area contributed by atoms with Crippen molar-refractivity contribution >= 4 is 0 Å². The quantitative estimate of drug-likeness (QED) is 0.889.